The normalized spacial score (nSPS) is 19.2. The average molecular weight is 312 g/mol. The maximum atomic E-state index is 12.3. The molecule has 122 valence electrons. The van der Waals surface area contributed by atoms with Crippen LogP contribution in [0.4, 0.5) is 0 Å². The van der Waals surface area contributed by atoms with Crippen molar-refractivity contribution in [2.75, 3.05) is 20.6 Å². The average Bonchev–Trinajstić information content (AvgIpc) is 2.99. The van der Waals surface area contributed by atoms with Gasteiger partial charge in [-0.1, -0.05) is 30.4 Å². The van der Waals surface area contributed by atoms with Crippen molar-refractivity contribution in [1.82, 2.24) is 10.2 Å². The fourth-order valence-electron chi connectivity index (χ4n) is 3.08. The molecule has 2 atom stereocenters. The number of furan rings is 1. The van der Waals surface area contributed by atoms with Crippen LogP contribution in [-0.2, 0) is 4.79 Å². The van der Waals surface area contributed by atoms with Gasteiger partial charge in [0.05, 0.1) is 6.04 Å². The minimum absolute atomic E-state index is 0.0329. The van der Waals surface area contributed by atoms with Crippen molar-refractivity contribution in [2.45, 2.75) is 25.3 Å². The van der Waals surface area contributed by atoms with Crippen molar-refractivity contribution in [3.8, 4) is 0 Å². The molecule has 0 spiro atoms. The van der Waals surface area contributed by atoms with Gasteiger partial charge in [-0.15, -0.1) is 0 Å². The highest BCUT2D eigenvalue weighted by Gasteiger charge is 2.23. The summed E-state index contributed by atoms with van der Waals surface area (Å²) in [5.41, 5.74) is 0.887. The molecule has 4 nitrogen and oxygen atoms in total. The van der Waals surface area contributed by atoms with Crippen LogP contribution in [0, 0.1) is 5.92 Å². The number of benzene rings is 1. The SMILES string of the molecule is CN(C)[C@@H](CNC(=O)[C@H]1CC=CCC1)c1cc2ccccc2o1. The number of amides is 1. The molecule has 3 rings (SSSR count). The molecule has 1 aliphatic rings. The number of nitrogens with one attached hydrogen (secondary N) is 1. The highest BCUT2D eigenvalue weighted by Crippen LogP contribution is 2.26. The molecule has 4 heteroatoms. The first kappa shape index (κ1) is 15.8. The molecule has 1 amide bonds. The third-order valence-corrected chi connectivity index (χ3v) is 4.51. The van der Waals surface area contributed by atoms with Crippen LogP contribution in [0.3, 0.4) is 0 Å². The summed E-state index contributed by atoms with van der Waals surface area (Å²) >= 11 is 0. The summed E-state index contributed by atoms with van der Waals surface area (Å²) in [7, 11) is 4.01. The molecule has 1 aromatic carbocycles. The predicted octanol–water partition coefficient (Wildman–Crippen LogP) is 3.51. The second-order valence-corrected chi connectivity index (χ2v) is 6.39. The lowest BCUT2D eigenvalue weighted by atomic mass is 9.93. The van der Waals surface area contributed by atoms with Crippen LogP contribution < -0.4 is 5.32 Å². The van der Waals surface area contributed by atoms with Gasteiger partial charge in [-0.05, 0) is 45.5 Å². The maximum Gasteiger partial charge on any atom is 0.223 e. The van der Waals surface area contributed by atoms with Crippen LogP contribution in [-0.4, -0.2) is 31.4 Å². The number of para-hydroxylation sites is 1. The first-order valence-electron chi connectivity index (χ1n) is 8.23. The Morgan fingerprint density at radius 1 is 1.35 bits per heavy atom. The molecule has 1 aliphatic carbocycles. The maximum absolute atomic E-state index is 12.3. The summed E-state index contributed by atoms with van der Waals surface area (Å²) in [6.07, 6.45) is 7.05. The molecule has 0 aliphatic heterocycles. The van der Waals surface area contributed by atoms with Crippen LogP contribution in [0.1, 0.15) is 31.1 Å². The molecular formula is C19H24N2O2. The van der Waals surface area contributed by atoms with Gasteiger partial charge in [-0.25, -0.2) is 0 Å². The molecule has 0 radical (unpaired) electrons. The van der Waals surface area contributed by atoms with E-state index in [0.29, 0.717) is 6.54 Å². The van der Waals surface area contributed by atoms with Crippen molar-refractivity contribution >= 4 is 16.9 Å². The first-order chi connectivity index (χ1) is 11.1. The molecule has 1 heterocycles. The standard InChI is InChI=1S/C19H24N2O2/c1-21(2)16(13-20-19(22)14-8-4-3-5-9-14)18-12-15-10-6-7-11-17(15)23-18/h3-4,6-7,10-12,14,16H,5,8-9,13H2,1-2H3,(H,20,22)/t14-,16-/m0/s1. The second kappa shape index (κ2) is 7.01. The van der Waals surface area contributed by atoms with E-state index in [2.05, 4.69) is 28.4 Å². The van der Waals surface area contributed by atoms with Gasteiger partial charge in [0.25, 0.3) is 0 Å². The lowest BCUT2D eigenvalue weighted by Crippen LogP contribution is -2.37. The summed E-state index contributed by atoms with van der Waals surface area (Å²) < 4.78 is 5.97. The van der Waals surface area contributed by atoms with E-state index < -0.39 is 0 Å². The number of carbonyl (C=O) groups is 1. The van der Waals surface area contributed by atoms with Crippen LogP contribution in [0.15, 0.2) is 46.9 Å². The van der Waals surface area contributed by atoms with Gasteiger partial charge in [-0.3, -0.25) is 9.69 Å². The number of nitrogens with zero attached hydrogens (tertiary/aromatic N) is 1. The molecule has 0 bridgehead atoms. The van der Waals surface area contributed by atoms with Gasteiger partial charge < -0.3 is 9.73 Å². The topological polar surface area (TPSA) is 45.5 Å². The summed E-state index contributed by atoms with van der Waals surface area (Å²) in [5, 5.41) is 4.20. The smallest absolute Gasteiger partial charge is 0.223 e. The quantitative estimate of drug-likeness (QED) is 0.859. The number of hydrogen-bond acceptors (Lipinski definition) is 3. The number of allylic oxidation sites excluding steroid dienone is 2. The Hall–Kier alpha value is -2.07. The highest BCUT2D eigenvalue weighted by atomic mass is 16.3. The fourth-order valence-corrected chi connectivity index (χ4v) is 3.08. The van der Waals surface area contributed by atoms with E-state index >= 15 is 0 Å². The van der Waals surface area contributed by atoms with Crippen molar-refractivity contribution < 1.29 is 9.21 Å². The van der Waals surface area contributed by atoms with Crippen molar-refractivity contribution in [3.05, 3.63) is 48.2 Å². The number of fused-ring (bicyclic) bond motifs is 1. The third-order valence-electron chi connectivity index (χ3n) is 4.51. The Morgan fingerprint density at radius 2 is 2.17 bits per heavy atom. The van der Waals surface area contributed by atoms with E-state index in [4.69, 9.17) is 4.42 Å². The molecule has 0 saturated carbocycles. The van der Waals surface area contributed by atoms with E-state index in [1.807, 2.05) is 38.4 Å². The van der Waals surface area contributed by atoms with E-state index in [9.17, 15) is 4.79 Å². The van der Waals surface area contributed by atoms with Gasteiger partial charge in [-0.2, -0.15) is 0 Å². The lowest BCUT2D eigenvalue weighted by molar-refractivity contribution is -0.125. The van der Waals surface area contributed by atoms with Crippen molar-refractivity contribution in [2.24, 2.45) is 5.92 Å². The summed E-state index contributed by atoms with van der Waals surface area (Å²) in [4.78, 5) is 14.4. The number of rotatable bonds is 5. The van der Waals surface area contributed by atoms with E-state index in [1.54, 1.807) is 0 Å². The zero-order chi connectivity index (χ0) is 16.2. The molecule has 1 N–H and O–H groups in total. The predicted molar refractivity (Wildman–Crippen MR) is 92.1 cm³/mol. The van der Waals surface area contributed by atoms with Crippen molar-refractivity contribution in [3.63, 3.8) is 0 Å². The molecule has 0 saturated heterocycles. The van der Waals surface area contributed by atoms with Crippen LogP contribution in [0.25, 0.3) is 11.0 Å². The summed E-state index contributed by atoms with van der Waals surface area (Å²) in [6, 6.07) is 10.1. The van der Waals surface area contributed by atoms with E-state index in [1.165, 1.54) is 0 Å². The number of carbonyl (C=O) groups excluding carboxylic acids is 1. The van der Waals surface area contributed by atoms with Gasteiger partial charge >= 0.3 is 0 Å². The molecule has 2 aromatic rings. The van der Waals surface area contributed by atoms with E-state index in [-0.39, 0.29) is 17.9 Å². The van der Waals surface area contributed by atoms with Gasteiger partial charge in [0.1, 0.15) is 11.3 Å². The largest absolute Gasteiger partial charge is 0.459 e. The zero-order valence-corrected chi connectivity index (χ0v) is 13.8. The molecule has 1 aromatic heterocycles. The minimum Gasteiger partial charge on any atom is -0.459 e. The highest BCUT2D eigenvalue weighted by molar-refractivity contribution is 5.79. The summed E-state index contributed by atoms with van der Waals surface area (Å²) in [6.45, 7) is 0.561. The fraction of sp³-hybridized carbons (Fsp3) is 0.421. The Balaban J connectivity index is 1.69. The molecular weight excluding hydrogens is 288 g/mol. The van der Waals surface area contributed by atoms with Crippen LogP contribution in [0.2, 0.25) is 0 Å². The van der Waals surface area contributed by atoms with Gasteiger partial charge in [0.2, 0.25) is 5.91 Å². The Morgan fingerprint density at radius 3 is 2.87 bits per heavy atom. The molecule has 23 heavy (non-hydrogen) atoms. The number of hydrogen-bond donors (Lipinski definition) is 1. The van der Waals surface area contributed by atoms with Gasteiger partial charge in [0, 0.05) is 17.8 Å². The van der Waals surface area contributed by atoms with E-state index in [0.717, 1.165) is 36.0 Å². The monoisotopic (exact) mass is 312 g/mol. The van der Waals surface area contributed by atoms with Crippen LogP contribution >= 0.6 is 0 Å². The minimum atomic E-state index is 0.0329. The Kier molecular flexibility index (Phi) is 4.82. The van der Waals surface area contributed by atoms with Crippen LogP contribution in [0.5, 0.6) is 0 Å². The third kappa shape index (κ3) is 3.64. The molecule has 0 fully saturated rings. The second-order valence-electron chi connectivity index (χ2n) is 6.39. The molecule has 0 unspecified atom stereocenters. The summed E-state index contributed by atoms with van der Waals surface area (Å²) in [5.74, 6) is 1.15. The Labute approximate surface area is 137 Å². The van der Waals surface area contributed by atoms with Crippen molar-refractivity contribution in [1.29, 1.82) is 0 Å². The lowest BCUT2D eigenvalue weighted by Gasteiger charge is -2.24. The number of likely N-dealkylation sites (N-methyl/N-ethyl adjacent to an activating group) is 1. The zero-order valence-electron chi connectivity index (χ0n) is 13.8. The Bertz CT molecular complexity index is 669. The van der Waals surface area contributed by atoms with Gasteiger partial charge in [0.15, 0.2) is 0 Å². The first-order valence-corrected chi connectivity index (χ1v) is 8.23.